The molecule has 0 aliphatic carbocycles. The van der Waals surface area contributed by atoms with E-state index >= 15 is 0 Å². The van der Waals surface area contributed by atoms with Crippen molar-refractivity contribution in [3.8, 4) is 5.88 Å². The molecule has 0 saturated carbocycles. The Morgan fingerprint density at radius 2 is 2.26 bits per heavy atom. The van der Waals surface area contributed by atoms with Crippen LogP contribution in [0.15, 0.2) is 23.6 Å². The Kier molecular flexibility index (Phi) is 3.35. The van der Waals surface area contributed by atoms with E-state index in [0.29, 0.717) is 18.4 Å². The quantitative estimate of drug-likeness (QED) is 0.796. The van der Waals surface area contributed by atoms with E-state index in [1.54, 1.807) is 22.7 Å². The fourth-order valence-electron chi connectivity index (χ4n) is 1.77. The number of nitrogens with one attached hydrogen (secondary N) is 1. The van der Waals surface area contributed by atoms with Crippen LogP contribution in [0, 0.1) is 6.92 Å². The van der Waals surface area contributed by atoms with Crippen LogP contribution in [0.3, 0.4) is 0 Å². The van der Waals surface area contributed by atoms with Gasteiger partial charge in [0.05, 0.1) is 5.39 Å². The van der Waals surface area contributed by atoms with E-state index in [9.17, 15) is 0 Å². The molecule has 3 rings (SSSR count). The van der Waals surface area contributed by atoms with Crippen LogP contribution in [0.1, 0.15) is 9.75 Å². The summed E-state index contributed by atoms with van der Waals surface area (Å²) >= 11 is 3.33. The Morgan fingerprint density at radius 3 is 3.00 bits per heavy atom. The monoisotopic (exact) mass is 291 g/mol. The van der Waals surface area contributed by atoms with Gasteiger partial charge in [-0.05, 0) is 24.4 Å². The van der Waals surface area contributed by atoms with Gasteiger partial charge >= 0.3 is 0 Å². The second kappa shape index (κ2) is 5.14. The third-order valence-corrected chi connectivity index (χ3v) is 4.43. The molecule has 0 spiro atoms. The van der Waals surface area contributed by atoms with Gasteiger partial charge in [0.1, 0.15) is 11.4 Å². The number of aromatic nitrogens is 2. The van der Waals surface area contributed by atoms with Gasteiger partial charge in [0.15, 0.2) is 0 Å². The minimum Gasteiger partial charge on any atom is -0.471 e. The summed E-state index contributed by atoms with van der Waals surface area (Å²) < 4.78 is 5.85. The summed E-state index contributed by atoms with van der Waals surface area (Å²) in [5, 5.41) is 6.00. The number of aryl methyl sites for hydroxylation is 1. The van der Waals surface area contributed by atoms with Crippen molar-refractivity contribution >= 4 is 38.8 Å². The van der Waals surface area contributed by atoms with Crippen LogP contribution in [0.2, 0.25) is 0 Å². The molecule has 0 atom stereocenters. The first kappa shape index (κ1) is 12.4. The van der Waals surface area contributed by atoms with Crippen LogP contribution in [0.5, 0.6) is 5.88 Å². The van der Waals surface area contributed by atoms with Gasteiger partial charge in [-0.3, -0.25) is 0 Å². The van der Waals surface area contributed by atoms with Crippen molar-refractivity contribution in [2.75, 3.05) is 12.4 Å². The van der Waals surface area contributed by atoms with Crippen molar-refractivity contribution in [1.29, 1.82) is 0 Å². The van der Waals surface area contributed by atoms with Crippen molar-refractivity contribution < 1.29 is 4.74 Å². The molecule has 0 saturated heterocycles. The van der Waals surface area contributed by atoms with Crippen molar-refractivity contribution in [3.63, 3.8) is 0 Å². The smallest absolute Gasteiger partial charge is 0.227 e. The second-order valence-corrected chi connectivity index (χ2v) is 6.31. The largest absolute Gasteiger partial charge is 0.471 e. The van der Waals surface area contributed by atoms with Gasteiger partial charge in [-0.2, -0.15) is 4.98 Å². The molecule has 19 heavy (non-hydrogen) atoms. The molecule has 0 fully saturated rings. The summed E-state index contributed by atoms with van der Waals surface area (Å²) in [6.45, 7) is 2.61. The Balaban J connectivity index is 1.96. The molecule has 0 aliphatic heterocycles. The van der Waals surface area contributed by atoms with Gasteiger partial charge in [0, 0.05) is 16.8 Å². The van der Waals surface area contributed by atoms with Gasteiger partial charge in [-0.25, -0.2) is 4.98 Å². The van der Waals surface area contributed by atoms with Gasteiger partial charge in [0.25, 0.3) is 0 Å². The number of rotatable bonds is 4. The molecule has 0 unspecified atom stereocenters. The van der Waals surface area contributed by atoms with Crippen molar-refractivity contribution in [3.05, 3.63) is 33.3 Å². The first-order valence-corrected chi connectivity index (χ1v) is 7.57. The number of hydrogen-bond acceptors (Lipinski definition) is 6. The predicted molar refractivity (Wildman–Crippen MR) is 80.3 cm³/mol. The SMILES string of the molecule is CNc1nc(OCc2cccs2)c2cc(C)sc2n1. The highest BCUT2D eigenvalue weighted by Gasteiger charge is 2.11. The van der Waals surface area contributed by atoms with Crippen molar-refractivity contribution in [2.45, 2.75) is 13.5 Å². The number of anilines is 1. The maximum Gasteiger partial charge on any atom is 0.227 e. The lowest BCUT2D eigenvalue weighted by molar-refractivity contribution is 0.301. The number of thiophene rings is 2. The molecule has 3 aromatic rings. The van der Waals surface area contributed by atoms with E-state index in [1.165, 1.54) is 9.75 Å². The van der Waals surface area contributed by atoms with E-state index in [-0.39, 0.29) is 0 Å². The molecule has 0 radical (unpaired) electrons. The average Bonchev–Trinajstić information content (AvgIpc) is 3.03. The standard InChI is InChI=1S/C13H13N3OS2/c1-8-6-10-11(17-7-9-4-3-5-18-9)15-13(14-2)16-12(10)19-8/h3-6H,7H2,1-2H3,(H,14,15,16). The lowest BCUT2D eigenvalue weighted by Crippen LogP contribution is -2.01. The van der Waals surface area contributed by atoms with Crippen molar-refractivity contribution in [2.24, 2.45) is 0 Å². The Bertz CT molecular complexity index is 691. The highest BCUT2D eigenvalue weighted by molar-refractivity contribution is 7.18. The maximum absolute atomic E-state index is 5.85. The molecular weight excluding hydrogens is 278 g/mol. The number of ether oxygens (including phenoxy) is 1. The van der Waals surface area contributed by atoms with Crippen LogP contribution in [-0.4, -0.2) is 17.0 Å². The van der Waals surface area contributed by atoms with E-state index in [4.69, 9.17) is 4.74 Å². The van der Waals surface area contributed by atoms with Crippen LogP contribution < -0.4 is 10.1 Å². The van der Waals surface area contributed by atoms with E-state index in [0.717, 1.165) is 10.2 Å². The minimum atomic E-state index is 0.543. The number of fused-ring (bicyclic) bond motifs is 1. The van der Waals surface area contributed by atoms with Crippen LogP contribution in [-0.2, 0) is 6.61 Å². The normalized spacial score (nSPS) is 10.8. The summed E-state index contributed by atoms with van der Waals surface area (Å²) in [7, 11) is 1.81. The first-order valence-electron chi connectivity index (χ1n) is 5.87. The lowest BCUT2D eigenvalue weighted by Gasteiger charge is -2.06. The second-order valence-electron chi connectivity index (χ2n) is 4.05. The van der Waals surface area contributed by atoms with Crippen LogP contribution in [0.4, 0.5) is 5.95 Å². The molecule has 0 amide bonds. The third kappa shape index (κ3) is 2.54. The molecule has 3 aromatic heterocycles. The van der Waals surface area contributed by atoms with Gasteiger partial charge in [-0.1, -0.05) is 6.07 Å². The highest BCUT2D eigenvalue weighted by atomic mass is 32.1. The Morgan fingerprint density at radius 1 is 1.37 bits per heavy atom. The van der Waals surface area contributed by atoms with Crippen LogP contribution >= 0.6 is 22.7 Å². The molecule has 0 bridgehead atoms. The maximum atomic E-state index is 5.85. The topological polar surface area (TPSA) is 47.0 Å². The zero-order chi connectivity index (χ0) is 13.2. The molecule has 0 aromatic carbocycles. The predicted octanol–water partition coefficient (Wildman–Crippen LogP) is 3.68. The summed E-state index contributed by atoms with van der Waals surface area (Å²) in [5.74, 6) is 1.24. The van der Waals surface area contributed by atoms with Gasteiger partial charge in [-0.15, -0.1) is 22.7 Å². The Labute approximate surface area is 119 Å². The molecular formula is C13H13N3OS2. The summed E-state index contributed by atoms with van der Waals surface area (Å²) in [6.07, 6.45) is 0. The minimum absolute atomic E-state index is 0.543. The molecule has 98 valence electrons. The number of hydrogen-bond donors (Lipinski definition) is 1. The average molecular weight is 291 g/mol. The third-order valence-electron chi connectivity index (χ3n) is 2.64. The lowest BCUT2D eigenvalue weighted by atomic mass is 10.3. The molecule has 4 nitrogen and oxygen atoms in total. The first-order chi connectivity index (χ1) is 9.26. The highest BCUT2D eigenvalue weighted by Crippen LogP contribution is 2.31. The summed E-state index contributed by atoms with van der Waals surface area (Å²) in [6, 6.07) is 6.15. The fourth-order valence-corrected chi connectivity index (χ4v) is 3.26. The molecule has 0 aliphatic rings. The molecule has 3 heterocycles. The number of nitrogens with zero attached hydrogens (tertiary/aromatic N) is 2. The van der Waals surface area contributed by atoms with E-state index in [1.807, 2.05) is 18.5 Å². The van der Waals surface area contributed by atoms with Crippen molar-refractivity contribution in [1.82, 2.24) is 9.97 Å². The van der Waals surface area contributed by atoms with E-state index < -0.39 is 0 Å². The zero-order valence-corrected chi connectivity index (χ0v) is 12.3. The summed E-state index contributed by atoms with van der Waals surface area (Å²) in [4.78, 5) is 12.2. The van der Waals surface area contributed by atoms with Gasteiger partial charge < -0.3 is 10.1 Å². The molecule has 6 heteroatoms. The summed E-state index contributed by atoms with van der Waals surface area (Å²) in [5.41, 5.74) is 0. The Hall–Kier alpha value is -1.66. The van der Waals surface area contributed by atoms with Gasteiger partial charge in [0.2, 0.25) is 11.8 Å². The van der Waals surface area contributed by atoms with Crippen LogP contribution in [0.25, 0.3) is 10.2 Å². The molecule has 1 N–H and O–H groups in total. The fraction of sp³-hybridized carbons (Fsp3) is 0.231. The zero-order valence-electron chi connectivity index (χ0n) is 10.6. The van der Waals surface area contributed by atoms with E-state index in [2.05, 4.69) is 34.3 Å².